The predicted octanol–water partition coefficient (Wildman–Crippen LogP) is 1.09. The molecule has 5 heteroatoms. The van der Waals surface area contributed by atoms with Crippen LogP contribution in [0.3, 0.4) is 0 Å². The number of nitrogens with zero attached hydrogens (tertiary/aromatic N) is 1. The van der Waals surface area contributed by atoms with Gasteiger partial charge in [0.25, 0.3) is 0 Å². The van der Waals surface area contributed by atoms with Gasteiger partial charge in [-0.2, -0.15) is 0 Å². The molecule has 1 rings (SSSR count). The molecule has 0 aromatic heterocycles. The lowest BCUT2D eigenvalue weighted by Gasteiger charge is -2.21. The third-order valence-electron chi connectivity index (χ3n) is 2.81. The Balaban J connectivity index is 2.86. The highest BCUT2D eigenvalue weighted by atomic mass is 16.5. The number of terminal acetylenes is 2. The minimum Gasteiger partial charge on any atom is -0.452 e. The maximum Gasteiger partial charge on any atom is 0.336 e. The number of carbonyl (C=O) groups excluding carboxylic acids is 2. The van der Waals surface area contributed by atoms with Crippen LogP contribution in [0, 0.1) is 30.6 Å². The van der Waals surface area contributed by atoms with Crippen LogP contribution >= 0.6 is 0 Å². The molecule has 1 unspecified atom stereocenters. The van der Waals surface area contributed by atoms with E-state index in [2.05, 4.69) is 16.8 Å². The first-order chi connectivity index (χ1) is 9.51. The zero-order valence-corrected chi connectivity index (χ0v) is 11.4. The average molecular weight is 273 g/mol. The highest BCUT2D eigenvalue weighted by molar-refractivity contribution is 6.05. The van der Waals surface area contributed by atoms with Crippen LogP contribution < -0.4 is 0 Å². The quantitative estimate of drug-likeness (QED) is 0.568. The van der Waals surface area contributed by atoms with Crippen molar-refractivity contribution in [1.82, 2.24) is 0 Å². The van der Waals surface area contributed by atoms with Gasteiger partial charge in [0.2, 0.25) is 0 Å². The van der Waals surface area contributed by atoms with Crippen molar-refractivity contribution < 1.29 is 19.1 Å². The molecule has 1 atom stereocenters. The molecular weight excluding hydrogens is 258 g/mol. The van der Waals surface area contributed by atoms with Gasteiger partial charge >= 0.3 is 11.9 Å². The van der Waals surface area contributed by atoms with Gasteiger partial charge in [-0.1, -0.05) is 11.8 Å². The Labute approximate surface area is 118 Å². The van der Waals surface area contributed by atoms with Crippen molar-refractivity contribution in [2.45, 2.75) is 20.3 Å². The van der Waals surface area contributed by atoms with Gasteiger partial charge in [-0.3, -0.25) is 9.79 Å². The largest absolute Gasteiger partial charge is 0.452 e. The van der Waals surface area contributed by atoms with E-state index in [-0.39, 0.29) is 19.6 Å². The first-order valence-corrected chi connectivity index (χ1v) is 5.96. The van der Waals surface area contributed by atoms with Crippen LogP contribution in [-0.4, -0.2) is 30.9 Å². The van der Waals surface area contributed by atoms with Crippen molar-refractivity contribution in [2.75, 3.05) is 13.2 Å². The lowest BCUT2D eigenvalue weighted by atomic mass is 9.91. The van der Waals surface area contributed by atoms with Gasteiger partial charge in [-0.05, 0) is 20.3 Å². The van der Waals surface area contributed by atoms with Crippen molar-refractivity contribution in [3.05, 3.63) is 11.3 Å². The molecule has 0 fully saturated rings. The van der Waals surface area contributed by atoms with E-state index in [4.69, 9.17) is 22.3 Å². The van der Waals surface area contributed by atoms with Crippen LogP contribution in [0.25, 0.3) is 0 Å². The lowest BCUT2D eigenvalue weighted by molar-refractivity contribution is -0.144. The summed E-state index contributed by atoms with van der Waals surface area (Å²) in [6.45, 7) is 3.15. The van der Waals surface area contributed by atoms with Crippen LogP contribution in [-0.2, 0) is 19.1 Å². The molecule has 1 heterocycles. The van der Waals surface area contributed by atoms with Crippen LogP contribution in [0.15, 0.2) is 16.3 Å². The van der Waals surface area contributed by atoms with E-state index < -0.39 is 17.9 Å². The first-order valence-electron chi connectivity index (χ1n) is 5.96. The van der Waals surface area contributed by atoms with E-state index in [1.807, 2.05) is 0 Å². The molecule has 0 saturated carbocycles. The summed E-state index contributed by atoms with van der Waals surface area (Å²) in [6.07, 6.45) is 10.2. The van der Waals surface area contributed by atoms with Gasteiger partial charge in [0.1, 0.15) is 0 Å². The van der Waals surface area contributed by atoms with E-state index >= 15 is 0 Å². The van der Waals surface area contributed by atoms with Crippen LogP contribution in [0.1, 0.15) is 20.3 Å². The number of aliphatic imine (C=N–C) groups is 1. The summed E-state index contributed by atoms with van der Waals surface area (Å²) in [6, 6.07) is 0. The smallest absolute Gasteiger partial charge is 0.336 e. The second-order valence-corrected chi connectivity index (χ2v) is 4.17. The number of hydrogen-bond acceptors (Lipinski definition) is 5. The Bertz CT molecular complexity index is 557. The van der Waals surface area contributed by atoms with E-state index in [1.165, 1.54) is 0 Å². The van der Waals surface area contributed by atoms with Crippen molar-refractivity contribution in [3.63, 3.8) is 0 Å². The molecule has 0 aromatic rings. The minimum atomic E-state index is -0.625. The second-order valence-electron chi connectivity index (χ2n) is 4.17. The molecule has 0 aromatic carbocycles. The number of allylic oxidation sites excluding steroid dienone is 1. The van der Waals surface area contributed by atoms with E-state index in [9.17, 15) is 9.59 Å². The van der Waals surface area contributed by atoms with Gasteiger partial charge in [0.15, 0.2) is 13.2 Å². The number of hydrogen-bond donors (Lipinski definition) is 0. The van der Waals surface area contributed by atoms with Gasteiger partial charge in [-0.25, -0.2) is 4.79 Å². The highest BCUT2D eigenvalue weighted by Crippen LogP contribution is 2.26. The Hall–Kier alpha value is -2.53. The fourth-order valence-corrected chi connectivity index (χ4v) is 1.80. The number of esters is 2. The molecule has 0 bridgehead atoms. The van der Waals surface area contributed by atoms with Gasteiger partial charge in [0.05, 0.1) is 11.5 Å². The third kappa shape index (κ3) is 3.73. The molecule has 0 radical (unpaired) electrons. The zero-order chi connectivity index (χ0) is 15.1. The number of carbonyl (C=O) groups is 2. The number of ether oxygens (including phenoxy) is 2. The van der Waals surface area contributed by atoms with Crippen molar-refractivity contribution >= 4 is 17.7 Å². The third-order valence-corrected chi connectivity index (χ3v) is 2.81. The van der Waals surface area contributed by atoms with Crippen molar-refractivity contribution in [3.8, 4) is 24.7 Å². The molecule has 0 spiro atoms. The summed E-state index contributed by atoms with van der Waals surface area (Å²) in [5.41, 5.74) is 1.43. The van der Waals surface area contributed by atoms with Gasteiger partial charge in [0, 0.05) is 11.4 Å². The fraction of sp³-hybridized carbons (Fsp3) is 0.400. The summed E-state index contributed by atoms with van der Waals surface area (Å²) >= 11 is 0. The fourth-order valence-electron chi connectivity index (χ4n) is 1.80. The molecule has 1 aliphatic rings. The highest BCUT2D eigenvalue weighted by Gasteiger charge is 2.31. The van der Waals surface area contributed by atoms with Gasteiger partial charge in [-0.15, -0.1) is 12.8 Å². The Morgan fingerprint density at radius 2 is 1.85 bits per heavy atom. The van der Waals surface area contributed by atoms with E-state index in [0.717, 1.165) is 0 Å². The van der Waals surface area contributed by atoms with Crippen LogP contribution in [0.2, 0.25) is 0 Å². The lowest BCUT2D eigenvalue weighted by Crippen LogP contribution is -2.29. The molecular formula is C15H15NO4. The molecule has 5 nitrogen and oxygen atoms in total. The molecule has 0 saturated heterocycles. The zero-order valence-electron chi connectivity index (χ0n) is 11.4. The topological polar surface area (TPSA) is 65.0 Å². The predicted molar refractivity (Wildman–Crippen MR) is 73.5 cm³/mol. The second kappa shape index (κ2) is 7.16. The Kier molecular flexibility index (Phi) is 5.56. The SMILES string of the molecule is C#CCOC(=O)C1=C(C)N=C(C)C(C(=O)OCC#C)C1. The summed E-state index contributed by atoms with van der Waals surface area (Å²) in [4.78, 5) is 27.9. The molecule has 104 valence electrons. The summed E-state index contributed by atoms with van der Waals surface area (Å²) < 4.78 is 9.74. The minimum absolute atomic E-state index is 0.109. The van der Waals surface area contributed by atoms with Crippen molar-refractivity contribution in [1.29, 1.82) is 0 Å². The van der Waals surface area contributed by atoms with E-state index in [1.54, 1.807) is 13.8 Å². The molecule has 1 aliphatic heterocycles. The molecule has 0 N–H and O–H groups in total. The van der Waals surface area contributed by atoms with Crippen LogP contribution in [0.5, 0.6) is 0 Å². The summed E-state index contributed by atoms with van der Waals surface area (Å²) in [5, 5.41) is 0. The monoisotopic (exact) mass is 273 g/mol. The maximum absolute atomic E-state index is 11.9. The van der Waals surface area contributed by atoms with E-state index in [0.29, 0.717) is 17.0 Å². The van der Waals surface area contributed by atoms with Gasteiger partial charge < -0.3 is 9.47 Å². The molecule has 0 aliphatic carbocycles. The average Bonchev–Trinajstić information content (AvgIpc) is 2.42. The molecule has 20 heavy (non-hydrogen) atoms. The maximum atomic E-state index is 11.9. The summed E-state index contributed by atoms with van der Waals surface area (Å²) in [5.74, 6) is 2.73. The summed E-state index contributed by atoms with van der Waals surface area (Å²) in [7, 11) is 0. The normalized spacial score (nSPS) is 17.6. The first kappa shape index (κ1) is 15.5. The standard InChI is InChI=1S/C15H15NO4/c1-5-7-19-14(17)12-9-13(11(4)16-10(12)3)15(18)20-8-6-2/h1-2,12H,7-9H2,3-4H3. The van der Waals surface area contributed by atoms with Crippen molar-refractivity contribution in [2.24, 2.45) is 10.9 Å². The Morgan fingerprint density at radius 1 is 1.25 bits per heavy atom. The Morgan fingerprint density at radius 3 is 2.45 bits per heavy atom. The number of rotatable bonds is 4. The molecule has 0 amide bonds. The van der Waals surface area contributed by atoms with Crippen LogP contribution in [0.4, 0.5) is 0 Å².